The Kier molecular flexibility index (Phi) is 8.97. The molecule has 0 unspecified atom stereocenters. The van der Waals surface area contributed by atoms with Gasteiger partial charge in [-0.25, -0.2) is 0 Å². The van der Waals surface area contributed by atoms with E-state index in [9.17, 15) is 10.1 Å². The molecule has 0 saturated heterocycles. The molecule has 8 heteroatoms. The number of aromatic nitrogens is 2. The molecule has 2 heterocycles. The number of rotatable bonds is 10. The summed E-state index contributed by atoms with van der Waals surface area (Å²) in [7, 11) is 3.99. The van der Waals surface area contributed by atoms with Crippen LogP contribution in [0.15, 0.2) is 48.8 Å². The average Bonchev–Trinajstić information content (AvgIpc) is 2.91. The maximum atomic E-state index is 12.6. The summed E-state index contributed by atoms with van der Waals surface area (Å²) in [5.41, 5.74) is 8.20. The molecule has 0 aliphatic carbocycles. The van der Waals surface area contributed by atoms with Gasteiger partial charge in [-0.3, -0.25) is 14.8 Å². The van der Waals surface area contributed by atoms with E-state index >= 15 is 0 Å². The first-order valence-corrected chi connectivity index (χ1v) is 13.4. The van der Waals surface area contributed by atoms with Crippen LogP contribution < -0.4 is 15.4 Å². The number of pyridine rings is 2. The van der Waals surface area contributed by atoms with Crippen molar-refractivity contribution in [3.8, 4) is 11.8 Å². The van der Waals surface area contributed by atoms with Gasteiger partial charge in [0, 0.05) is 35.6 Å². The minimum Gasteiger partial charge on any atom is -0.487 e. The number of benzene rings is 2. The molecular formula is C32H36N6O2. The van der Waals surface area contributed by atoms with Gasteiger partial charge in [0.25, 0.3) is 0 Å². The first-order chi connectivity index (χ1) is 19.2. The van der Waals surface area contributed by atoms with Crippen LogP contribution in [0.4, 0.5) is 17.1 Å². The largest absolute Gasteiger partial charge is 0.487 e. The van der Waals surface area contributed by atoms with E-state index in [4.69, 9.17) is 4.74 Å². The molecule has 0 radical (unpaired) electrons. The normalized spacial score (nSPS) is 10.9. The highest BCUT2D eigenvalue weighted by Crippen LogP contribution is 2.35. The monoisotopic (exact) mass is 536 g/mol. The van der Waals surface area contributed by atoms with Gasteiger partial charge in [0.05, 0.1) is 22.5 Å². The first-order valence-electron chi connectivity index (χ1n) is 13.4. The number of hydrogen-bond acceptors (Lipinski definition) is 7. The fourth-order valence-electron chi connectivity index (χ4n) is 4.50. The van der Waals surface area contributed by atoms with E-state index < -0.39 is 0 Å². The summed E-state index contributed by atoms with van der Waals surface area (Å²) in [6.45, 7) is 9.19. The maximum Gasteiger partial charge on any atom is 0.224 e. The van der Waals surface area contributed by atoms with Crippen LogP contribution in [0, 0.1) is 39.0 Å². The highest BCUT2D eigenvalue weighted by molar-refractivity contribution is 6.01. The van der Waals surface area contributed by atoms with E-state index in [1.54, 1.807) is 12.4 Å². The first kappa shape index (κ1) is 28.5. The van der Waals surface area contributed by atoms with Crippen molar-refractivity contribution in [1.82, 2.24) is 14.9 Å². The highest BCUT2D eigenvalue weighted by atomic mass is 16.5. The Hall–Kier alpha value is -4.48. The van der Waals surface area contributed by atoms with Gasteiger partial charge in [-0.2, -0.15) is 5.26 Å². The Labute approximate surface area is 236 Å². The van der Waals surface area contributed by atoms with Crippen LogP contribution in [-0.2, 0) is 11.4 Å². The molecule has 0 saturated carbocycles. The molecule has 8 nitrogen and oxygen atoms in total. The van der Waals surface area contributed by atoms with Crippen LogP contribution in [0.3, 0.4) is 0 Å². The second-order valence-electron chi connectivity index (χ2n) is 10.4. The second-order valence-corrected chi connectivity index (χ2v) is 10.4. The molecule has 0 aliphatic heterocycles. The molecule has 206 valence electrons. The van der Waals surface area contributed by atoms with Gasteiger partial charge in [0.1, 0.15) is 18.4 Å². The van der Waals surface area contributed by atoms with Crippen LogP contribution in [0.5, 0.6) is 5.75 Å². The van der Waals surface area contributed by atoms with Gasteiger partial charge in [0.15, 0.2) is 0 Å². The molecule has 0 bridgehead atoms. The van der Waals surface area contributed by atoms with E-state index in [1.165, 1.54) is 0 Å². The maximum absolute atomic E-state index is 12.6. The molecule has 0 aliphatic rings. The van der Waals surface area contributed by atoms with Crippen molar-refractivity contribution in [3.63, 3.8) is 0 Å². The Bertz CT molecular complexity index is 1590. The number of aryl methyl sites for hydroxylation is 4. The van der Waals surface area contributed by atoms with Crippen LogP contribution in [0.1, 0.15) is 46.4 Å². The van der Waals surface area contributed by atoms with Crippen molar-refractivity contribution < 1.29 is 9.53 Å². The van der Waals surface area contributed by atoms with Gasteiger partial charge in [-0.1, -0.05) is 6.07 Å². The summed E-state index contributed by atoms with van der Waals surface area (Å²) in [6.07, 6.45) is 4.56. The van der Waals surface area contributed by atoms with Crippen LogP contribution >= 0.6 is 0 Å². The number of ether oxygens (including phenoxy) is 1. The predicted octanol–water partition coefficient (Wildman–Crippen LogP) is 6.34. The Morgan fingerprint density at radius 3 is 2.50 bits per heavy atom. The van der Waals surface area contributed by atoms with Crippen molar-refractivity contribution >= 4 is 33.9 Å². The Morgan fingerprint density at radius 2 is 1.77 bits per heavy atom. The van der Waals surface area contributed by atoms with Crippen molar-refractivity contribution in [2.75, 3.05) is 31.3 Å². The lowest BCUT2D eigenvalue weighted by atomic mass is 10.0. The summed E-state index contributed by atoms with van der Waals surface area (Å²) in [5.74, 6) is 0.745. The van der Waals surface area contributed by atoms with Gasteiger partial charge in [-0.05, 0) is 107 Å². The Morgan fingerprint density at radius 1 is 1.00 bits per heavy atom. The molecule has 4 aromatic rings. The number of nitriles is 1. The topological polar surface area (TPSA) is 103 Å². The third-order valence-electron chi connectivity index (χ3n) is 6.88. The zero-order valence-corrected chi connectivity index (χ0v) is 24.1. The summed E-state index contributed by atoms with van der Waals surface area (Å²) in [5, 5.41) is 17.2. The van der Waals surface area contributed by atoms with E-state index in [-0.39, 0.29) is 5.91 Å². The number of anilines is 3. The molecule has 0 fully saturated rings. The molecule has 4 rings (SSSR count). The number of carbonyl (C=O) groups is 1. The number of amides is 1. The lowest BCUT2D eigenvalue weighted by Gasteiger charge is -2.18. The number of nitrogens with one attached hydrogen (secondary N) is 2. The number of nitrogens with zero attached hydrogens (tertiary/aromatic N) is 4. The van der Waals surface area contributed by atoms with Crippen molar-refractivity contribution in [3.05, 3.63) is 82.3 Å². The van der Waals surface area contributed by atoms with Gasteiger partial charge >= 0.3 is 0 Å². The van der Waals surface area contributed by atoms with Gasteiger partial charge in [0.2, 0.25) is 5.91 Å². The third-order valence-corrected chi connectivity index (χ3v) is 6.88. The van der Waals surface area contributed by atoms with E-state index in [0.29, 0.717) is 30.0 Å². The van der Waals surface area contributed by atoms with Gasteiger partial charge < -0.3 is 20.3 Å². The molecule has 2 aromatic carbocycles. The fourth-order valence-corrected chi connectivity index (χ4v) is 4.50. The summed E-state index contributed by atoms with van der Waals surface area (Å²) in [6, 6.07) is 14.0. The number of hydrogen-bond donors (Lipinski definition) is 2. The standard InChI is InChI=1S/C32H36N6O2/c1-20-9-7-11-34-29(20)19-40-30-15-22(3)26(14-23(30)4)37-32-24(17-33)18-35-28-13-21(2)27(16-25(28)32)36-31(39)10-8-12-38(5)6/h7,9,11,13-16,18H,8,10,12,19H2,1-6H3,(H,35,37)(H,36,39). The van der Waals surface area contributed by atoms with Crippen LogP contribution in [0.25, 0.3) is 10.9 Å². The SMILES string of the molecule is Cc1cc2ncc(C#N)c(Nc3cc(C)c(OCc4ncccc4C)cc3C)c2cc1NC(=O)CCCN(C)C. The lowest BCUT2D eigenvalue weighted by Crippen LogP contribution is -2.17. The zero-order valence-electron chi connectivity index (χ0n) is 24.1. The van der Waals surface area contributed by atoms with Crippen molar-refractivity contribution in [2.24, 2.45) is 0 Å². The van der Waals surface area contributed by atoms with Crippen LogP contribution in [0.2, 0.25) is 0 Å². The molecule has 0 spiro atoms. The summed E-state index contributed by atoms with van der Waals surface area (Å²) in [4.78, 5) is 23.6. The van der Waals surface area contributed by atoms with Crippen molar-refractivity contribution in [2.45, 2.75) is 47.1 Å². The minimum atomic E-state index is -0.0360. The quantitative estimate of drug-likeness (QED) is 0.244. The van der Waals surface area contributed by atoms with Crippen LogP contribution in [-0.4, -0.2) is 41.4 Å². The minimum absolute atomic E-state index is 0.0360. The molecule has 2 aromatic heterocycles. The third kappa shape index (κ3) is 6.74. The molecule has 1 amide bonds. The highest BCUT2D eigenvalue weighted by Gasteiger charge is 2.15. The zero-order chi connectivity index (χ0) is 28.8. The smallest absolute Gasteiger partial charge is 0.224 e. The number of carbonyl (C=O) groups excluding carboxylic acids is 1. The lowest BCUT2D eigenvalue weighted by molar-refractivity contribution is -0.116. The van der Waals surface area contributed by atoms with E-state index in [0.717, 1.165) is 63.3 Å². The molecule has 0 atom stereocenters. The Balaban J connectivity index is 1.62. The molecule has 2 N–H and O–H groups in total. The molecule has 40 heavy (non-hydrogen) atoms. The second kappa shape index (κ2) is 12.6. The fraction of sp³-hybridized carbons (Fsp3) is 0.312. The van der Waals surface area contributed by atoms with E-state index in [1.807, 2.05) is 78.2 Å². The van der Waals surface area contributed by atoms with Crippen molar-refractivity contribution in [1.29, 1.82) is 5.26 Å². The van der Waals surface area contributed by atoms with Gasteiger partial charge in [-0.15, -0.1) is 0 Å². The van der Waals surface area contributed by atoms with E-state index in [2.05, 4.69) is 31.6 Å². The molecular weight excluding hydrogens is 500 g/mol. The predicted molar refractivity (Wildman–Crippen MR) is 160 cm³/mol. The average molecular weight is 537 g/mol. The summed E-state index contributed by atoms with van der Waals surface area (Å²) < 4.78 is 6.12. The summed E-state index contributed by atoms with van der Waals surface area (Å²) >= 11 is 0. The number of fused-ring (bicyclic) bond motifs is 1.